The van der Waals surface area contributed by atoms with Gasteiger partial charge >= 0.3 is 0 Å². The monoisotopic (exact) mass is 257 g/mol. The van der Waals surface area contributed by atoms with Gasteiger partial charge in [0.2, 0.25) is 5.95 Å². The van der Waals surface area contributed by atoms with Gasteiger partial charge in [0.05, 0.1) is 0 Å². The zero-order chi connectivity index (χ0) is 14.1. The molecule has 0 atom stereocenters. The highest BCUT2D eigenvalue weighted by Crippen LogP contribution is 2.38. The Balaban J connectivity index is 0.000000861. The van der Waals surface area contributed by atoms with Crippen LogP contribution >= 0.6 is 0 Å². The molecule has 0 spiro atoms. The standard InChI is InChI=1S/C14H17N3.C2H6/c1-3-5-12(6-4-2)16-14-15-10-9-13(17-14)11-7-8-11;1-2/h3-6,9-11H,1,7-8H2,2H3,(H,15,16,17);1-2H3/b6-4-,12-5+;. The van der Waals surface area contributed by atoms with E-state index in [0.717, 1.165) is 11.4 Å². The molecular weight excluding hydrogens is 234 g/mol. The van der Waals surface area contributed by atoms with E-state index in [1.807, 2.05) is 51.3 Å². The van der Waals surface area contributed by atoms with Crippen molar-refractivity contribution >= 4 is 5.95 Å². The molecule has 0 bridgehead atoms. The zero-order valence-electron chi connectivity index (χ0n) is 12.1. The number of nitrogens with one attached hydrogen (secondary N) is 1. The summed E-state index contributed by atoms with van der Waals surface area (Å²) >= 11 is 0. The van der Waals surface area contributed by atoms with Crippen LogP contribution < -0.4 is 5.32 Å². The van der Waals surface area contributed by atoms with Gasteiger partial charge in [-0.1, -0.05) is 32.6 Å². The molecular formula is C16H23N3. The minimum absolute atomic E-state index is 0.645. The largest absolute Gasteiger partial charge is 0.324 e. The van der Waals surface area contributed by atoms with E-state index in [0.29, 0.717) is 11.9 Å². The summed E-state index contributed by atoms with van der Waals surface area (Å²) in [5.41, 5.74) is 2.08. The van der Waals surface area contributed by atoms with Gasteiger partial charge < -0.3 is 5.32 Å². The lowest BCUT2D eigenvalue weighted by Crippen LogP contribution is -2.02. The van der Waals surface area contributed by atoms with E-state index in [9.17, 15) is 0 Å². The van der Waals surface area contributed by atoms with Crippen LogP contribution in [0, 0.1) is 0 Å². The van der Waals surface area contributed by atoms with Gasteiger partial charge in [0.1, 0.15) is 0 Å². The van der Waals surface area contributed by atoms with E-state index >= 15 is 0 Å². The number of hydrogen-bond acceptors (Lipinski definition) is 3. The number of anilines is 1. The third kappa shape index (κ3) is 5.08. The van der Waals surface area contributed by atoms with Crippen molar-refractivity contribution in [1.29, 1.82) is 0 Å². The van der Waals surface area contributed by atoms with Gasteiger partial charge in [-0.25, -0.2) is 9.97 Å². The Hall–Kier alpha value is -1.90. The van der Waals surface area contributed by atoms with Crippen LogP contribution in [-0.4, -0.2) is 9.97 Å². The lowest BCUT2D eigenvalue weighted by Gasteiger charge is -2.06. The molecule has 2 rings (SSSR count). The van der Waals surface area contributed by atoms with Crippen LogP contribution in [0.15, 0.2) is 48.8 Å². The highest BCUT2D eigenvalue weighted by atomic mass is 15.1. The smallest absolute Gasteiger partial charge is 0.227 e. The number of rotatable bonds is 5. The van der Waals surface area contributed by atoms with Gasteiger partial charge in [-0.3, -0.25) is 0 Å². The molecule has 0 aromatic carbocycles. The van der Waals surface area contributed by atoms with Gasteiger partial charge in [0.15, 0.2) is 0 Å². The minimum atomic E-state index is 0.645. The molecule has 0 radical (unpaired) electrons. The average Bonchev–Trinajstić information content (AvgIpc) is 3.26. The Labute approximate surface area is 116 Å². The van der Waals surface area contributed by atoms with Gasteiger partial charge in [0.25, 0.3) is 0 Å². The maximum absolute atomic E-state index is 4.51. The molecule has 0 unspecified atom stereocenters. The minimum Gasteiger partial charge on any atom is -0.324 e. The molecule has 1 fully saturated rings. The maximum Gasteiger partial charge on any atom is 0.227 e. The van der Waals surface area contributed by atoms with Crippen molar-refractivity contribution in [1.82, 2.24) is 9.97 Å². The Kier molecular flexibility index (Phi) is 6.58. The summed E-state index contributed by atoms with van der Waals surface area (Å²) < 4.78 is 0. The van der Waals surface area contributed by atoms with E-state index in [2.05, 4.69) is 21.9 Å². The summed E-state index contributed by atoms with van der Waals surface area (Å²) in [5.74, 6) is 1.30. The topological polar surface area (TPSA) is 37.8 Å². The molecule has 0 aliphatic heterocycles. The van der Waals surface area contributed by atoms with Gasteiger partial charge in [0, 0.05) is 23.5 Å². The van der Waals surface area contributed by atoms with Crippen LogP contribution in [0.3, 0.4) is 0 Å². The second-order valence-corrected chi connectivity index (χ2v) is 4.06. The van der Waals surface area contributed by atoms with Crippen molar-refractivity contribution < 1.29 is 0 Å². The molecule has 1 aromatic heterocycles. The SMILES string of the molecule is C=C/C=C(\C=C/C)Nc1nccc(C2CC2)n1.CC. The van der Waals surface area contributed by atoms with Crippen molar-refractivity contribution in [3.8, 4) is 0 Å². The summed E-state index contributed by atoms with van der Waals surface area (Å²) in [6, 6.07) is 2.00. The first-order valence-corrected chi connectivity index (χ1v) is 6.89. The molecule has 1 aliphatic rings. The summed E-state index contributed by atoms with van der Waals surface area (Å²) in [7, 11) is 0. The van der Waals surface area contributed by atoms with Crippen molar-refractivity contribution in [3.63, 3.8) is 0 Å². The highest BCUT2D eigenvalue weighted by molar-refractivity contribution is 5.41. The Morgan fingerprint density at radius 1 is 1.42 bits per heavy atom. The first-order valence-electron chi connectivity index (χ1n) is 6.89. The third-order valence-corrected chi connectivity index (χ3v) is 2.57. The third-order valence-electron chi connectivity index (χ3n) is 2.57. The fourth-order valence-corrected chi connectivity index (χ4v) is 1.61. The van der Waals surface area contributed by atoms with Crippen molar-refractivity contribution in [2.24, 2.45) is 0 Å². The molecule has 0 saturated heterocycles. The predicted molar refractivity (Wildman–Crippen MR) is 82.1 cm³/mol. The van der Waals surface area contributed by atoms with Crippen LogP contribution in [0.1, 0.15) is 45.2 Å². The lowest BCUT2D eigenvalue weighted by molar-refractivity contribution is 0.990. The molecule has 1 aromatic rings. The van der Waals surface area contributed by atoms with Crippen molar-refractivity contribution in [2.45, 2.75) is 39.5 Å². The van der Waals surface area contributed by atoms with Crippen LogP contribution in [0.5, 0.6) is 0 Å². The molecule has 3 nitrogen and oxygen atoms in total. The molecule has 0 amide bonds. The predicted octanol–water partition coefficient (Wildman–Crippen LogP) is 4.44. The van der Waals surface area contributed by atoms with Crippen LogP contribution in [-0.2, 0) is 0 Å². The molecule has 102 valence electrons. The van der Waals surface area contributed by atoms with Crippen LogP contribution in [0.25, 0.3) is 0 Å². The number of allylic oxidation sites excluding steroid dienone is 4. The van der Waals surface area contributed by atoms with Crippen molar-refractivity contribution in [3.05, 3.63) is 54.5 Å². The number of aromatic nitrogens is 2. The second-order valence-electron chi connectivity index (χ2n) is 4.06. The highest BCUT2D eigenvalue weighted by Gasteiger charge is 2.25. The van der Waals surface area contributed by atoms with Crippen LogP contribution in [0.4, 0.5) is 5.95 Å². The summed E-state index contributed by atoms with van der Waals surface area (Å²) in [6.45, 7) is 9.66. The normalized spacial score (nSPS) is 14.8. The van der Waals surface area contributed by atoms with E-state index in [-0.39, 0.29) is 0 Å². The Bertz CT molecular complexity index is 457. The van der Waals surface area contributed by atoms with E-state index < -0.39 is 0 Å². The summed E-state index contributed by atoms with van der Waals surface area (Å²) in [4.78, 5) is 8.73. The summed E-state index contributed by atoms with van der Waals surface area (Å²) in [6.07, 6.45) is 11.9. The van der Waals surface area contributed by atoms with Crippen LogP contribution in [0.2, 0.25) is 0 Å². The first-order chi connectivity index (χ1) is 9.33. The number of hydrogen-bond donors (Lipinski definition) is 1. The average molecular weight is 257 g/mol. The fourth-order valence-electron chi connectivity index (χ4n) is 1.61. The Morgan fingerprint density at radius 3 is 2.74 bits per heavy atom. The summed E-state index contributed by atoms with van der Waals surface area (Å²) in [5, 5.41) is 3.18. The molecule has 1 aliphatic carbocycles. The fraction of sp³-hybridized carbons (Fsp3) is 0.375. The molecule has 1 saturated carbocycles. The maximum atomic E-state index is 4.51. The lowest BCUT2D eigenvalue weighted by atomic mass is 10.3. The van der Waals surface area contributed by atoms with E-state index in [4.69, 9.17) is 0 Å². The molecule has 1 N–H and O–H groups in total. The van der Waals surface area contributed by atoms with E-state index in [1.54, 1.807) is 6.08 Å². The molecule has 1 heterocycles. The zero-order valence-corrected chi connectivity index (χ0v) is 12.1. The van der Waals surface area contributed by atoms with Crippen molar-refractivity contribution in [2.75, 3.05) is 5.32 Å². The van der Waals surface area contributed by atoms with Gasteiger partial charge in [-0.2, -0.15) is 0 Å². The quantitative estimate of drug-likeness (QED) is 0.792. The second kappa shape index (κ2) is 8.25. The van der Waals surface area contributed by atoms with Gasteiger partial charge in [-0.15, -0.1) is 0 Å². The molecule has 19 heavy (non-hydrogen) atoms. The van der Waals surface area contributed by atoms with E-state index in [1.165, 1.54) is 12.8 Å². The first kappa shape index (κ1) is 15.2. The van der Waals surface area contributed by atoms with Gasteiger partial charge in [-0.05, 0) is 38.0 Å². The Morgan fingerprint density at radius 2 is 2.16 bits per heavy atom. The number of nitrogens with zero attached hydrogens (tertiary/aromatic N) is 2. The molecule has 3 heteroatoms.